The second kappa shape index (κ2) is 6.96. The molecule has 2 rings (SSSR count). The van der Waals surface area contributed by atoms with Gasteiger partial charge in [-0.15, -0.1) is 0 Å². The largest absolute Gasteiger partial charge is 0.497 e. The Morgan fingerprint density at radius 1 is 1.15 bits per heavy atom. The minimum Gasteiger partial charge on any atom is -0.497 e. The predicted molar refractivity (Wildman–Crippen MR) is 81.3 cm³/mol. The SMILES string of the molecule is COc1ccc(NC(=O)COc2ccccc2Br)cc1. The highest BCUT2D eigenvalue weighted by atomic mass is 79.9. The van der Waals surface area contributed by atoms with Gasteiger partial charge in [0.25, 0.3) is 5.91 Å². The fourth-order valence-corrected chi connectivity index (χ4v) is 1.98. The van der Waals surface area contributed by atoms with E-state index in [1.807, 2.05) is 18.2 Å². The molecule has 0 aliphatic carbocycles. The minimum atomic E-state index is -0.217. The topological polar surface area (TPSA) is 47.6 Å². The molecule has 20 heavy (non-hydrogen) atoms. The van der Waals surface area contributed by atoms with E-state index >= 15 is 0 Å². The first kappa shape index (κ1) is 14.4. The summed E-state index contributed by atoms with van der Waals surface area (Å²) in [5.74, 6) is 1.16. The molecule has 0 aliphatic rings. The van der Waals surface area contributed by atoms with Gasteiger partial charge in [0.2, 0.25) is 0 Å². The van der Waals surface area contributed by atoms with Gasteiger partial charge in [0, 0.05) is 5.69 Å². The molecule has 0 atom stereocenters. The normalized spacial score (nSPS) is 9.90. The van der Waals surface area contributed by atoms with Crippen molar-refractivity contribution in [2.24, 2.45) is 0 Å². The first-order valence-electron chi connectivity index (χ1n) is 6.00. The smallest absolute Gasteiger partial charge is 0.262 e. The second-order valence-electron chi connectivity index (χ2n) is 4.00. The summed E-state index contributed by atoms with van der Waals surface area (Å²) in [7, 11) is 1.60. The number of hydrogen-bond donors (Lipinski definition) is 1. The number of carbonyl (C=O) groups is 1. The summed E-state index contributed by atoms with van der Waals surface area (Å²) < 4.78 is 11.3. The highest BCUT2D eigenvalue weighted by Crippen LogP contribution is 2.23. The zero-order valence-corrected chi connectivity index (χ0v) is 12.5. The first-order valence-corrected chi connectivity index (χ1v) is 6.79. The number of carbonyl (C=O) groups excluding carboxylic acids is 1. The number of methoxy groups -OCH3 is 1. The third-order valence-corrected chi connectivity index (χ3v) is 3.22. The van der Waals surface area contributed by atoms with Gasteiger partial charge in [-0.3, -0.25) is 4.79 Å². The van der Waals surface area contributed by atoms with Crippen molar-refractivity contribution in [2.75, 3.05) is 19.0 Å². The third kappa shape index (κ3) is 3.99. The Morgan fingerprint density at radius 3 is 2.50 bits per heavy atom. The van der Waals surface area contributed by atoms with Crippen LogP contribution in [0.2, 0.25) is 0 Å². The second-order valence-corrected chi connectivity index (χ2v) is 4.85. The number of benzene rings is 2. The first-order chi connectivity index (χ1) is 9.69. The predicted octanol–water partition coefficient (Wildman–Crippen LogP) is 3.48. The van der Waals surface area contributed by atoms with Crippen LogP contribution in [0.4, 0.5) is 5.69 Å². The molecule has 1 N–H and O–H groups in total. The molecule has 0 unspecified atom stereocenters. The van der Waals surface area contributed by atoms with E-state index in [9.17, 15) is 4.79 Å². The Hall–Kier alpha value is -2.01. The number of para-hydroxylation sites is 1. The molecule has 0 saturated heterocycles. The molecule has 2 aromatic carbocycles. The van der Waals surface area contributed by atoms with E-state index in [4.69, 9.17) is 9.47 Å². The molecule has 104 valence electrons. The average molecular weight is 336 g/mol. The van der Waals surface area contributed by atoms with Crippen molar-refractivity contribution in [3.8, 4) is 11.5 Å². The van der Waals surface area contributed by atoms with Crippen LogP contribution < -0.4 is 14.8 Å². The molecule has 0 radical (unpaired) electrons. The van der Waals surface area contributed by atoms with Crippen LogP contribution in [0.15, 0.2) is 53.0 Å². The van der Waals surface area contributed by atoms with E-state index in [1.165, 1.54) is 0 Å². The number of ether oxygens (including phenoxy) is 2. The Morgan fingerprint density at radius 2 is 1.85 bits per heavy atom. The lowest BCUT2D eigenvalue weighted by Gasteiger charge is -2.09. The molecule has 4 nitrogen and oxygen atoms in total. The average Bonchev–Trinajstić information content (AvgIpc) is 2.47. The molecule has 0 aromatic heterocycles. The zero-order chi connectivity index (χ0) is 14.4. The van der Waals surface area contributed by atoms with Crippen molar-refractivity contribution in [1.29, 1.82) is 0 Å². The summed E-state index contributed by atoms with van der Waals surface area (Å²) in [6.45, 7) is -0.0470. The van der Waals surface area contributed by atoms with Crippen molar-refractivity contribution in [3.05, 3.63) is 53.0 Å². The van der Waals surface area contributed by atoms with Crippen LogP contribution in [0.5, 0.6) is 11.5 Å². The molecule has 0 bridgehead atoms. The summed E-state index contributed by atoms with van der Waals surface area (Å²) in [4.78, 5) is 11.8. The molecular formula is C15H14BrNO3. The lowest BCUT2D eigenvalue weighted by atomic mass is 10.3. The van der Waals surface area contributed by atoms with Crippen molar-refractivity contribution >= 4 is 27.5 Å². The van der Waals surface area contributed by atoms with Crippen LogP contribution in [-0.2, 0) is 4.79 Å². The lowest BCUT2D eigenvalue weighted by molar-refractivity contribution is -0.118. The van der Waals surface area contributed by atoms with Crippen LogP contribution in [0, 0.1) is 0 Å². The Bertz CT molecular complexity index is 584. The number of amides is 1. The van der Waals surface area contributed by atoms with Gasteiger partial charge >= 0.3 is 0 Å². The molecule has 1 amide bonds. The summed E-state index contributed by atoms with van der Waals surface area (Å²) in [6, 6.07) is 14.5. The molecule has 0 aliphatic heterocycles. The quantitative estimate of drug-likeness (QED) is 0.909. The van der Waals surface area contributed by atoms with E-state index in [0.29, 0.717) is 11.4 Å². The van der Waals surface area contributed by atoms with Crippen molar-refractivity contribution in [1.82, 2.24) is 0 Å². The van der Waals surface area contributed by atoms with E-state index in [2.05, 4.69) is 21.2 Å². The van der Waals surface area contributed by atoms with E-state index < -0.39 is 0 Å². The van der Waals surface area contributed by atoms with Gasteiger partial charge in [0.1, 0.15) is 11.5 Å². The van der Waals surface area contributed by atoms with Gasteiger partial charge in [-0.2, -0.15) is 0 Å². The van der Waals surface area contributed by atoms with E-state index in [-0.39, 0.29) is 12.5 Å². The van der Waals surface area contributed by atoms with Gasteiger partial charge < -0.3 is 14.8 Å². The number of rotatable bonds is 5. The Balaban J connectivity index is 1.87. The van der Waals surface area contributed by atoms with Gasteiger partial charge in [0.05, 0.1) is 11.6 Å². The fraction of sp³-hybridized carbons (Fsp3) is 0.133. The minimum absolute atomic E-state index is 0.0470. The molecule has 0 saturated carbocycles. The van der Waals surface area contributed by atoms with Crippen molar-refractivity contribution < 1.29 is 14.3 Å². The van der Waals surface area contributed by atoms with E-state index in [1.54, 1.807) is 37.4 Å². The maximum absolute atomic E-state index is 11.8. The maximum Gasteiger partial charge on any atom is 0.262 e. The molecule has 0 heterocycles. The van der Waals surface area contributed by atoms with Gasteiger partial charge in [0.15, 0.2) is 6.61 Å². The number of anilines is 1. The molecule has 0 fully saturated rings. The summed E-state index contributed by atoms with van der Waals surface area (Å²) in [5.41, 5.74) is 0.700. The van der Waals surface area contributed by atoms with Gasteiger partial charge in [-0.05, 0) is 52.3 Å². The molecule has 2 aromatic rings. The fourth-order valence-electron chi connectivity index (χ4n) is 1.58. The van der Waals surface area contributed by atoms with Gasteiger partial charge in [-0.25, -0.2) is 0 Å². The van der Waals surface area contributed by atoms with Crippen LogP contribution in [0.3, 0.4) is 0 Å². The van der Waals surface area contributed by atoms with Crippen LogP contribution in [0.25, 0.3) is 0 Å². The monoisotopic (exact) mass is 335 g/mol. The maximum atomic E-state index is 11.8. The zero-order valence-electron chi connectivity index (χ0n) is 10.9. The van der Waals surface area contributed by atoms with Crippen molar-refractivity contribution in [3.63, 3.8) is 0 Å². The van der Waals surface area contributed by atoms with Crippen LogP contribution in [-0.4, -0.2) is 19.6 Å². The molecule has 0 spiro atoms. The molecular weight excluding hydrogens is 322 g/mol. The van der Waals surface area contributed by atoms with Crippen LogP contribution in [0.1, 0.15) is 0 Å². The van der Waals surface area contributed by atoms with Gasteiger partial charge in [-0.1, -0.05) is 12.1 Å². The highest BCUT2D eigenvalue weighted by Gasteiger charge is 2.05. The molecule has 5 heteroatoms. The van der Waals surface area contributed by atoms with Crippen LogP contribution >= 0.6 is 15.9 Å². The van der Waals surface area contributed by atoms with Crippen molar-refractivity contribution in [2.45, 2.75) is 0 Å². The summed E-state index contributed by atoms with van der Waals surface area (Å²) >= 11 is 3.36. The summed E-state index contributed by atoms with van der Waals surface area (Å²) in [5, 5.41) is 2.75. The highest BCUT2D eigenvalue weighted by molar-refractivity contribution is 9.10. The van der Waals surface area contributed by atoms with E-state index in [0.717, 1.165) is 10.2 Å². The standard InChI is InChI=1S/C15H14BrNO3/c1-19-12-8-6-11(7-9-12)17-15(18)10-20-14-5-3-2-4-13(14)16/h2-9H,10H2,1H3,(H,17,18). The Kier molecular flexibility index (Phi) is 5.01. The Labute approximate surface area is 125 Å². The summed E-state index contributed by atoms with van der Waals surface area (Å²) in [6.07, 6.45) is 0. The number of halogens is 1. The number of nitrogens with one attached hydrogen (secondary N) is 1. The third-order valence-electron chi connectivity index (χ3n) is 2.57. The lowest BCUT2D eigenvalue weighted by Crippen LogP contribution is -2.20. The number of hydrogen-bond acceptors (Lipinski definition) is 3.